The second-order valence-corrected chi connectivity index (χ2v) is 25.3. The molecule has 1 heterocycles. The molecule has 1 fully saturated rings. The van der Waals surface area contributed by atoms with E-state index in [2.05, 4.69) is 67.8 Å². The molecule has 1 saturated heterocycles. The van der Waals surface area contributed by atoms with Gasteiger partial charge in [-0.05, 0) is 83.5 Å². The standard InChI is InChI=1S/C73H137NO10/c1-3-5-7-9-11-13-15-17-19-21-23-25-27-29-31-32-33-34-35-37-38-40-42-44-46-48-50-52-54-56-58-60-65(76)68(78)64(63-83-73-71(81)70(80)69(79)67(62-75)84-73)74-72(82)66(77)61-59-57-55-53-51-49-47-45-43-41-39-36-30-28-26-24-22-20-18-16-14-12-10-8-6-4-2/h24,26,30,36,44,46,52,54,64-71,73,75-81H,3-23,25,27-29,31-35,37-43,45,47-51,53,55-63H2,1-2H3,(H,74,82)/b26-24-,36-30-,46-44+,54-52+. The molecule has 8 N–H and O–H groups in total. The van der Waals surface area contributed by atoms with Crippen LogP contribution in [0.25, 0.3) is 0 Å². The van der Waals surface area contributed by atoms with Crippen molar-refractivity contribution in [1.82, 2.24) is 5.32 Å². The SMILES string of the molecule is CCCCCCCCCCC/C=C\C/C=C\CCCCCCCCCCCCC(O)C(=O)NC(COC1OC(CO)C(O)C(O)C1O)C(O)C(O)CCC/C=C/CC/C=C/CCCCCCCCCCCCCCCCCCCCCCCC. The number of carbonyl (C=O) groups is 1. The van der Waals surface area contributed by atoms with Crippen molar-refractivity contribution >= 4 is 5.91 Å². The number of aliphatic hydroxyl groups excluding tert-OH is 7. The third kappa shape index (κ3) is 48.1. The molecule has 1 amide bonds. The number of hydrogen-bond donors (Lipinski definition) is 8. The first-order chi connectivity index (χ1) is 41.2. The maximum Gasteiger partial charge on any atom is 0.249 e. The average Bonchev–Trinajstić information content (AvgIpc) is 3.66. The summed E-state index contributed by atoms with van der Waals surface area (Å²) in [5.41, 5.74) is 0. The molecule has 9 atom stereocenters. The lowest BCUT2D eigenvalue weighted by Gasteiger charge is -2.40. The molecule has 0 aliphatic carbocycles. The van der Waals surface area contributed by atoms with E-state index >= 15 is 0 Å². The molecule has 11 heteroatoms. The first-order valence-corrected chi connectivity index (χ1v) is 36.0. The molecule has 0 spiro atoms. The number of amides is 1. The molecule has 9 unspecified atom stereocenters. The Morgan fingerprint density at radius 3 is 1.13 bits per heavy atom. The molecule has 1 aliphatic rings. The maximum absolute atomic E-state index is 13.2. The lowest BCUT2D eigenvalue weighted by Crippen LogP contribution is -2.60. The first kappa shape index (κ1) is 80.1. The highest BCUT2D eigenvalue weighted by molar-refractivity contribution is 5.80. The van der Waals surface area contributed by atoms with Gasteiger partial charge in [0.15, 0.2) is 6.29 Å². The molecular formula is C73H137NO10. The zero-order chi connectivity index (χ0) is 61.0. The van der Waals surface area contributed by atoms with Crippen LogP contribution in [0.15, 0.2) is 48.6 Å². The number of unbranched alkanes of at least 4 members (excludes halogenated alkanes) is 43. The van der Waals surface area contributed by atoms with Crippen LogP contribution >= 0.6 is 0 Å². The van der Waals surface area contributed by atoms with Gasteiger partial charge in [-0.3, -0.25) is 4.79 Å². The Bertz CT molecular complexity index is 1510. The topological polar surface area (TPSA) is 189 Å². The van der Waals surface area contributed by atoms with Gasteiger partial charge in [0.05, 0.1) is 25.4 Å². The molecule has 11 nitrogen and oxygen atoms in total. The number of allylic oxidation sites excluding steroid dienone is 8. The minimum absolute atomic E-state index is 0.245. The smallest absolute Gasteiger partial charge is 0.249 e. The van der Waals surface area contributed by atoms with Crippen molar-refractivity contribution in [2.24, 2.45) is 0 Å². The van der Waals surface area contributed by atoms with E-state index in [0.717, 1.165) is 51.4 Å². The van der Waals surface area contributed by atoms with E-state index in [-0.39, 0.29) is 12.8 Å². The first-order valence-electron chi connectivity index (χ1n) is 36.0. The van der Waals surface area contributed by atoms with Gasteiger partial charge in [-0.2, -0.15) is 0 Å². The van der Waals surface area contributed by atoms with E-state index < -0.39 is 74.2 Å². The normalized spacial score (nSPS) is 19.2. The van der Waals surface area contributed by atoms with Gasteiger partial charge in [-0.1, -0.05) is 306 Å². The Labute approximate surface area is 517 Å². The summed E-state index contributed by atoms with van der Waals surface area (Å²) in [5, 5.41) is 76.5. The molecule has 0 bridgehead atoms. The van der Waals surface area contributed by atoms with Crippen molar-refractivity contribution in [3.63, 3.8) is 0 Å². The van der Waals surface area contributed by atoms with Crippen LogP contribution in [-0.2, 0) is 14.3 Å². The van der Waals surface area contributed by atoms with Gasteiger partial charge in [0, 0.05) is 0 Å². The number of rotatable bonds is 63. The summed E-state index contributed by atoms with van der Waals surface area (Å²) in [6.07, 6.45) is 69.2. The van der Waals surface area contributed by atoms with Gasteiger partial charge in [0.2, 0.25) is 5.91 Å². The van der Waals surface area contributed by atoms with Crippen molar-refractivity contribution in [1.29, 1.82) is 0 Å². The summed E-state index contributed by atoms with van der Waals surface area (Å²) in [6, 6.07) is -1.20. The molecular weight excluding hydrogens is 1050 g/mol. The van der Waals surface area contributed by atoms with Crippen molar-refractivity contribution in [3.8, 4) is 0 Å². The van der Waals surface area contributed by atoms with Crippen LogP contribution in [-0.4, -0.2) is 110 Å². The summed E-state index contributed by atoms with van der Waals surface area (Å²) in [7, 11) is 0. The second-order valence-electron chi connectivity index (χ2n) is 25.3. The van der Waals surface area contributed by atoms with Crippen LogP contribution < -0.4 is 5.32 Å². The Kier molecular flexibility index (Phi) is 58.5. The molecule has 0 aromatic carbocycles. The fourth-order valence-corrected chi connectivity index (χ4v) is 11.6. The number of aliphatic hydroxyl groups is 7. The largest absolute Gasteiger partial charge is 0.394 e. The predicted octanol–water partition coefficient (Wildman–Crippen LogP) is 17.5. The number of ether oxygens (including phenoxy) is 2. The Balaban J connectivity index is 2.23. The fourth-order valence-electron chi connectivity index (χ4n) is 11.6. The third-order valence-corrected chi connectivity index (χ3v) is 17.3. The van der Waals surface area contributed by atoms with Gasteiger partial charge in [0.1, 0.15) is 36.6 Å². The molecule has 494 valence electrons. The lowest BCUT2D eigenvalue weighted by atomic mass is 9.98. The zero-order valence-corrected chi connectivity index (χ0v) is 54.6. The van der Waals surface area contributed by atoms with Gasteiger partial charge in [-0.15, -0.1) is 0 Å². The van der Waals surface area contributed by atoms with Gasteiger partial charge in [-0.25, -0.2) is 0 Å². The molecule has 84 heavy (non-hydrogen) atoms. The van der Waals surface area contributed by atoms with Crippen LogP contribution in [0.4, 0.5) is 0 Å². The quantitative estimate of drug-likeness (QED) is 0.0215. The lowest BCUT2D eigenvalue weighted by molar-refractivity contribution is -0.303. The van der Waals surface area contributed by atoms with E-state index in [1.165, 1.54) is 244 Å². The van der Waals surface area contributed by atoms with Crippen LogP contribution in [0, 0.1) is 0 Å². The highest BCUT2D eigenvalue weighted by Crippen LogP contribution is 2.24. The van der Waals surface area contributed by atoms with E-state index in [1.54, 1.807) is 0 Å². The van der Waals surface area contributed by atoms with Crippen LogP contribution in [0.2, 0.25) is 0 Å². The van der Waals surface area contributed by atoms with Gasteiger partial charge < -0.3 is 50.5 Å². The summed E-state index contributed by atoms with van der Waals surface area (Å²) < 4.78 is 11.2. The minimum Gasteiger partial charge on any atom is -0.394 e. The van der Waals surface area contributed by atoms with Gasteiger partial charge in [0.25, 0.3) is 0 Å². The number of hydrogen-bond acceptors (Lipinski definition) is 10. The summed E-state index contributed by atoms with van der Waals surface area (Å²) in [5.74, 6) is -0.710. The van der Waals surface area contributed by atoms with Crippen molar-refractivity contribution in [2.75, 3.05) is 13.2 Å². The van der Waals surface area contributed by atoms with E-state index in [1.807, 2.05) is 0 Å². The van der Waals surface area contributed by atoms with Gasteiger partial charge >= 0.3 is 0 Å². The maximum atomic E-state index is 13.2. The molecule has 0 aromatic rings. The molecule has 0 saturated carbocycles. The minimum atomic E-state index is -1.67. The number of nitrogens with one attached hydrogen (secondary N) is 1. The monoisotopic (exact) mass is 1190 g/mol. The third-order valence-electron chi connectivity index (χ3n) is 17.3. The Hall–Kier alpha value is -1.93. The molecule has 0 radical (unpaired) electrons. The van der Waals surface area contributed by atoms with E-state index in [4.69, 9.17) is 9.47 Å². The predicted molar refractivity (Wildman–Crippen MR) is 353 cm³/mol. The van der Waals surface area contributed by atoms with Crippen molar-refractivity contribution in [3.05, 3.63) is 48.6 Å². The summed E-state index contributed by atoms with van der Waals surface area (Å²) in [6.45, 7) is 3.48. The molecule has 1 aliphatic heterocycles. The van der Waals surface area contributed by atoms with Crippen LogP contribution in [0.5, 0.6) is 0 Å². The Morgan fingerprint density at radius 2 is 0.750 bits per heavy atom. The Morgan fingerprint density at radius 1 is 0.417 bits per heavy atom. The summed E-state index contributed by atoms with van der Waals surface area (Å²) >= 11 is 0. The molecule has 1 rings (SSSR count). The summed E-state index contributed by atoms with van der Waals surface area (Å²) in [4.78, 5) is 13.2. The highest BCUT2D eigenvalue weighted by atomic mass is 16.7. The van der Waals surface area contributed by atoms with E-state index in [9.17, 15) is 40.5 Å². The zero-order valence-electron chi connectivity index (χ0n) is 54.6. The van der Waals surface area contributed by atoms with Crippen molar-refractivity contribution in [2.45, 2.75) is 396 Å². The average molecular weight is 1190 g/mol. The fraction of sp³-hybridized carbons (Fsp3) is 0.877. The van der Waals surface area contributed by atoms with Crippen LogP contribution in [0.1, 0.15) is 341 Å². The van der Waals surface area contributed by atoms with Crippen LogP contribution in [0.3, 0.4) is 0 Å². The second kappa shape index (κ2) is 61.3. The number of carbonyl (C=O) groups excluding carboxylic acids is 1. The highest BCUT2D eigenvalue weighted by Gasteiger charge is 2.44. The van der Waals surface area contributed by atoms with E-state index in [0.29, 0.717) is 19.3 Å². The van der Waals surface area contributed by atoms with Crippen molar-refractivity contribution < 1.29 is 50.0 Å². The molecule has 0 aromatic heterocycles.